The first kappa shape index (κ1) is 25.7. The van der Waals surface area contributed by atoms with E-state index in [2.05, 4.69) is 10.6 Å². The second-order valence-electron chi connectivity index (χ2n) is 9.15. The van der Waals surface area contributed by atoms with E-state index in [0.717, 1.165) is 11.1 Å². The summed E-state index contributed by atoms with van der Waals surface area (Å²) >= 11 is 0. The number of hydrogen-bond donors (Lipinski definition) is 2. The Bertz CT molecular complexity index is 1450. The molecule has 3 amide bonds. The summed E-state index contributed by atoms with van der Waals surface area (Å²) in [7, 11) is 0. The van der Waals surface area contributed by atoms with E-state index in [1.54, 1.807) is 60.7 Å². The van der Waals surface area contributed by atoms with Gasteiger partial charge in [0.05, 0.1) is 6.54 Å². The molecule has 0 saturated carbocycles. The minimum absolute atomic E-state index is 0.167. The number of nitrogens with zero attached hydrogens (tertiary/aromatic N) is 1. The fourth-order valence-electron chi connectivity index (χ4n) is 4.44. The molecule has 1 fully saturated rings. The number of halogens is 1. The summed E-state index contributed by atoms with van der Waals surface area (Å²) in [5, 5.41) is 5.70. The monoisotopic (exact) mass is 523 g/mol. The van der Waals surface area contributed by atoms with Crippen LogP contribution in [0.1, 0.15) is 33.2 Å². The molecule has 0 aliphatic carbocycles. The van der Waals surface area contributed by atoms with Gasteiger partial charge in [-0.1, -0.05) is 72.8 Å². The number of carbonyl (C=O) groups excluding carboxylic acids is 3. The van der Waals surface area contributed by atoms with Crippen LogP contribution in [-0.2, 0) is 22.6 Å². The van der Waals surface area contributed by atoms with Gasteiger partial charge < -0.3 is 15.4 Å². The van der Waals surface area contributed by atoms with Gasteiger partial charge in [-0.2, -0.15) is 0 Å². The molecule has 1 aliphatic rings. The zero-order chi connectivity index (χ0) is 27.2. The number of nitrogens with one attached hydrogen (secondary N) is 2. The van der Waals surface area contributed by atoms with Gasteiger partial charge in [-0.25, -0.2) is 9.18 Å². The van der Waals surface area contributed by atoms with Crippen molar-refractivity contribution in [2.45, 2.75) is 25.2 Å². The minimum Gasteiger partial charge on any atom is -0.438 e. The highest BCUT2D eigenvalue weighted by Gasteiger charge is 2.46. The number of anilines is 1. The first-order valence-corrected chi connectivity index (χ1v) is 12.5. The lowest BCUT2D eigenvalue weighted by Gasteiger charge is -2.24. The van der Waals surface area contributed by atoms with Crippen LogP contribution in [0.3, 0.4) is 0 Å². The van der Waals surface area contributed by atoms with Gasteiger partial charge in [-0.15, -0.1) is 0 Å². The van der Waals surface area contributed by atoms with E-state index in [-0.39, 0.29) is 24.8 Å². The molecule has 2 N–H and O–H groups in total. The van der Waals surface area contributed by atoms with E-state index in [4.69, 9.17) is 4.74 Å². The van der Waals surface area contributed by atoms with Crippen LogP contribution in [0.15, 0.2) is 109 Å². The molecule has 1 saturated heterocycles. The van der Waals surface area contributed by atoms with E-state index >= 15 is 0 Å². The lowest BCUT2D eigenvalue weighted by molar-refractivity contribution is -0.126. The van der Waals surface area contributed by atoms with Crippen LogP contribution >= 0.6 is 0 Å². The molecule has 4 aromatic carbocycles. The van der Waals surface area contributed by atoms with Gasteiger partial charge in [0.2, 0.25) is 5.91 Å². The number of hydrogen-bond acceptors (Lipinski definition) is 4. The van der Waals surface area contributed by atoms with Crippen LogP contribution in [0.4, 0.5) is 14.9 Å². The van der Waals surface area contributed by atoms with Crippen molar-refractivity contribution in [1.82, 2.24) is 10.2 Å². The standard InChI is InChI=1S/C31H26FN3O4/c32-25-15-11-21(12-16-25)19-33-30(37)27-28(39-31(38)35(27)20-22-7-3-1-4-8-22)23-13-17-26(18-14-23)34-29(36)24-9-5-2-6-10-24/h1-18,27-28H,19-20H2,(H,33,37)(H,34,36). The lowest BCUT2D eigenvalue weighted by atomic mass is 10.00. The van der Waals surface area contributed by atoms with E-state index in [0.29, 0.717) is 16.8 Å². The molecule has 1 heterocycles. The van der Waals surface area contributed by atoms with Crippen molar-refractivity contribution in [3.63, 3.8) is 0 Å². The molecule has 4 aromatic rings. The number of cyclic esters (lactones) is 1. The number of rotatable bonds is 8. The Labute approximate surface area is 225 Å². The van der Waals surface area contributed by atoms with Crippen LogP contribution in [-0.4, -0.2) is 28.8 Å². The maximum Gasteiger partial charge on any atom is 0.411 e. The highest BCUT2D eigenvalue weighted by Crippen LogP contribution is 2.34. The summed E-state index contributed by atoms with van der Waals surface area (Å²) in [6, 6.07) is 30.0. The first-order valence-electron chi connectivity index (χ1n) is 12.5. The van der Waals surface area contributed by atoms with Gasteiger partial charge in [0, 0.05) is 17.8 Å². The second kappa shape index (κ2) is 11.6. The van der Waals surface area contributed by atoms with Crippen LogP contribution in [0, 0.1) is 5.82 Å². The molecule has 196 valence electrons. The third-order valence-electron chi connectivity index (χ3n) is 6.46. The van der Waals surface area contributed by atoms with Crippen LogP contribution in [0.2, 0.25) is 0 Å². The quantitative estimate of drug-likeness (QED) is 0.321. The normalized spacial score (nSPS) is 16.4. The predicted octanol–water partition coefficient (Wildman–Crippen LogP) is 5.46. The molecule has 2 unspecified atom stereocenters. The Balaban J connectivity index is 1.36. The molecule has 0 spiro atoms. The summed E-state index contributed by atoms with van der Waals surface area (Å²) in [5.41, 5.74) is 3.28. The maximum atomic E-state index is 13.5. The Hall–Kier alpha value is -4.98. The van der Waals surface area contributed by atoms with Crippen molar-refractivity contribution < 1.29 is 23.5 Å². The average Bonchev–Trinajstić information content (AvgIpc) is 3.29. The highest BCUT2D eigenvalue weighted by atomic mass is 19.1. The van der Waals surface area contributed by atoms with Gasteiger partial charge in [0.15, 0.2) is 12.1 Å². The van der Waals surface area contributed by atoms with Crippen molar-refractivity contribution >= 4 is 23.6 Å². The second-order valence-corrected chi connectivity index (χ2v) is 9.15. The maximum absolute atomic E-state index is 13.5. The molecule has 7 nitrogen and oxygen atoms in total. The van der Waals surface area contributed by atoms with Crippen LogP contribution in [0.5, 0.6) is 0 Å². The van der Waals surface area contributed by atoms with Crippen molar-refractivity contribution in [3.8, 4) is 0 Å². The summed E-state index contributed by atoms with van der Waals surface area (Å²) < 4.78 is 19.0. The van der Waals surface area contributed by atoms with Crippen LogP contribution < -0.4 is 10.6 Å². The Morgan fingerprint density at radius 3 is 2.10 bits per heavy atom. The number of benzene rings is 4. The molecule has 0 aromatic heterocycles. The van der Waals surface area contributed by atoms with Gasteiger partial charge in [0.25, 0.3) is 5.91 Å². The Kier molecular flexibility index (Phi) is 7.63. The average molecular weight is 524 g/mol. The van der Waals surface area contributed by atoms with Crippen molar-refractivity contribution in [2.75, 3.05) is 5.32 Å². The van der Waals surface area contributed by atoms with Crippen molar-refractivity contribution in [1.29, 1.82) is 0 Å². The van der Waals surface area contributed by atoms with E-state index in [1.807, 2.05) is 36.4 Å². The number of carbonyl (C=O) groups is 3. The summed E-state index contributed by atoms with van der Waals surface area (Å²) in [6.07, 6.45) is -1.47. The summed E-state index contributed by atoms with van der Waals surface area (Å²) in [4.78, 5) is 40.4. The third-order valence-corrected chi connectivity index (χ3v) is 6.46. The molecule has 0 radical (unpaired) electrons. The first-order chi connectivity index (χ1) is 19.0. The van der Waals surface area contributed by atoms with Gasteiger partial charge in [-0.05, 0) is 53.1 Å². The predicted molar refractivity (Wildman–Crippen MR) is 144 cm³/mol. The van der Waals surface area contributed by atoms with E-state index in [9.17, 15) is 18.8 Å². The third kappa shape index (κ3) is 6.13. The lowest BCUT2D eigenvalue weighted by Crippen LogP contribution is -2.46. The highest BCUT2D eigenvalue weighted by molar-refractivity contribution is 6.04. The summed E-state index contributed by atoms with van der Waals surface area (Å²) in [5.74, 6) is -1.01. The molecule has 2 atom stereocenters. The minimum atomic E-state index is -0.942. The molecular formula is C31H26FN3O4. The van der Waals surface area contributed by atoms with Crippen molar-refractivity contribution in [3.05, 3.63) is 137 Å². The Morgan fingerprint density at radius 1 is 0.795 bits per heavy atom. The molecule has 5 rings (SSSR count). The number of amides is 3. The van der Waals surface area contributed by atoms with Crippen molar-refractivity contribution in [2.24, 2.45) is 0 Å². The van der Waals surface area contributed by atoms with Gasteiger partial charge >= 0.3 is 6.09 Å². The molecule has 8 heteroatoms. The molecular weight excluding hydrogens is 497 g/mol. The zero-order valence-corrected chi connectivity index (χ0v) is 20.9. The smallest absolute Gasteiger partial charge is 0.411 e. The molecule has 39 heavy (non-hydrogen) atoms. The molecule has 1 aliphatic heterocycles. The molecule has 0 bridgehead atoms. The van der Waals surface area contributed by atoms with E-state index in [1.165, 1.54) is 17.0 Å². The summed E-state index contributed by atoms with van der Waals surface area (Å²) in [6.45, 7) is 0.357. The topological polar surface area (TPSA) is 87.7 Å². The SMILES string of the molecule is O=C(Nc1ccc(C2OC(=O)N(Cc3ccccc3)C2C(=O)NCc2ccc(F)cc2)cc1)c1ccccc1. The van der Waals surface area contributed by atoms with Gasteiger partial charge in [0.1, 0.15) is 5.82 Å². The van der Waals surface area contributed by atoms with Gasteiger partial charge in [-0.3, -0.25) is 14.5 Å². The van der Waals surface area contributed by atoms with Crippen LogP contribution in [0.25, 0.3) is 0 Å². The largest absolute Gasteiger partial charge is 0.438 e. The fourth-order valence-corrected chi connectivity index (χ4v) is 4.44. The Morgan fingerprint density at radius 2 is 1.44 bits per heavy atom. The zero-order valence-electron chi connectivity index (χ0n) is 20.9. The fraction of sp³-hybridized carbons (Fsp3) is 0.129. The number of ether oxygens (including phenoxy) is 1. The van der Waals surface area contributed by atoms with E-state index < -0.39 is 24.1 Å².